The molecule has 0 aliphatic heterocycles. The van der Waals surface area contributed by atoms with E-state index in [2.05, 4.69) is 18.5 Å². The molecular formula is C11H17ClN2S. The van der Waals surface area contributed by atoms with Gasteiger partial charge in [-0.2, -0.15) is 11.8 Å². The Bertz CT molecular complexity index is 317. The Morgan fingerprint density at radius 2 is 2.27 bits per heavy atom. The van der Waals surface area contributed by atoms with Gasteiger partial charge in [0.2, 0.25) is 0 Å². The summed E-state index contributed by atoms with van der Waals surface area (Å²) in [6.45, 7) is 3.14. The quantitative estimate of drug-likeness (QED) is 0.779. The number of nitrogens with one attached hydrogen (secondary N) is 1. The maximum absolute atomic E-state index is 5.89. The van der Waals surface area contributed by atoms with Crippen LogP contribution in [0.2, 0.25) is 5.02 Å². The fraction of sp³-hybridized carbons (Fsp3) is 0.455. The SMILES string of the molecule is CSC(C)CCNc1cc(Cl)ccc1N. The van der Waals surface area contributed by atoms with Crippen molar-refractivity contribution in [3.8, 4) is 0 Å². The second kappa shape index (κ2) is 6.13. The van der Waals surface area contributed by atoms with Gasteiger partial charge in [-0.15, -0.1) is 0 Å². The van der Waals surface area contributed by atoms with Crippen LogP contribution in [0.15, 0.2) is 18.2 Å². The number of rotatable bonds is 5. The summed E-state index contributed by atoms with van der Waals surface area (Å²) in [4.78, 5) is 0. The molecule has 0 saturated carbocycles. The summed E-state index contributed by atoms with van der Waals surface area (Å²) in [6, 6.07) is 5.48. The summed E-state index contributed by atoms with van der Waals surface area (Å²) in [5.41, 5.74) is 7.49. The van der Waals surface area contributed by atoms with E-state index in [4.69, 9.17) is 17.3 Å². The van der Waals surface area contributed by atoms with Gasteiger partial charge < -0.3 is 11.1 Å². The zero-order valence-corrected chi connectivity index (χ0v) is 10.7. The predicted octanol–water partition coefficient (Wildman–Crippen LogP) is 3.48. The van der Waals surface area contributed by atoms with Crippen LogP contribution < -0.4 is 11.1 Å². The summed E-state index contributed by atoms with van der Waals surface area (Å²) in [5.74, 6) is 0. The molecule has 0 saturated heterocycles. The van der Waals surface area contributed by atoms with Gasteiger partial charge in [-0.05, 0) is 30.9 Å². The molecule has 1 aromatic carbocycles. The molecule has 0 aliphatic rings. The molecule has 15 heavy (non-hydrogen) atoms. The van der Waals surface area contributed by atoms with Crippen molar-refractivity contribution in [2.75, 3.05) is 23.9 Å². The first-order valence-electron chi connectivity index (χ1n) is 4.95. The van der Waals surface area contributed by atoms with Gasteiger partial charge in [-0.1, -0.05) is 18.5 Å². The van der Waals surface area contributed by atoms with Gasteiger partial charge in [-0.25, -0.2) is 0 Å². The zero-order valence-electron chi connectivity index (χ0n) is 9.09. The van der Waals surface area contributed by atoms with E-state index in [0.29, 0.717) is 10.3 Å². The van der Waals surface area contributed by atoms with Crippen LogP contribution in [0.5, 0.6) is 0 Å². The van der Waals surface area contributed by atoms with Gasteiger partial charge in [0.25, 0.3) is 0 Å². The standard InChI is InChI=1S/C11H17ClN2S/c1-8(15-2)5-6-14-11-7-9(12)3-4-10(11)13/h3-4,7-8,14H,5-6,13H2,1-2H3. The van der Waals surface area contributed by atoms with Crippen LogP contribution in [0.3, 0.4) is 0 Å². The highest BCUT2D eigenvalue weighted by Gasteiger charge is 2.01. The third-order valence-electron chi connectivity index (χ3n) is 2.28. The van der Waals surface area contributed by atoms with Crippen LogP contribution in [-0.4, -0.2) is 18.1 Å². The van der Waals surface area contributed by atoms with Crippen molar-refractivity contribution in [2.24, 2.45) is 0 Å². The number of nitrogens with two attached hydrogens (primary N) is 1. The lowest BCUT2D eigenvalue weighted by molar-refractivity contribution is 0.854. The highest BCUT2D eigenvalue weighted by Crippen LogP contribution is 2.23. The molecule has 1 atom stereocenters. The smallest absolute Gasteiger partial charge is 0.0588 e. The van der Waals surface area contributed by atoms with E-state index in [1.165, 1.54) is 0 Å². The Hall–Kier alpha value is -0.540. The van der Waals surface area contributed by atoms with Crippen LogP contribution in [0, 0.1) is 0 Å². The minimum atomic E-state index is 0.665. The largest absolute Gasteiger partial charge is 0.397 e. The molecule has 0 amide bonds. The Kier molecular flexibility index (Phi) is 5.12. The Labute approximate surface area is 101 Å². The fourth-order valence-electron chi connectivity index (χ4n) is 1.21. The summed E-state index contributed by atoms with van der Waals surface area (Å²) in [6.07, 6.45) is 3.24. The molecule has 0 aromatic heterocycles. The van der Waals surface area contributed by atoms with Crippen molar-refractivity contribution in [1.29, 1.82) is 0 Å². The van der Waals surface area contributed by atoms with Crippen molar-refractivity contribution < 1.29 is 0 Å². The number of benzene rings is 1. The zero-order chi connectivity index (χ0) is 11.3. The minimum absolute atomic E-state index is 0.665. The summed E-state index contributed by atoms with van der Waals surface area (Å²) >= 11 is 7.76. The molecule has 0 spiro atoms. The van der Waals surface area contributed by atoms with Gasteiger partial charge in [-0.3, -0.25) is 0 Å². The van der Waals surface area contributed by atoms with Crippen LogP contribution >= 0.6 is 23.4 Å². The molecule has 0 aliphatic carbocycles. The summed E-state index contributed by atoms with van der Waals surface area (Å²) < 4.78 is 0. The normalized spacial score (nSPS) is 12.5. The lowest BCUT2D eigenvalue weighted by Crippen LogP contribution is -2.09. The Morgan fingerprint density at radius 1 is 1.53 bits per heavy atom. The van der Waals surface area contributed by atoms with Gasteiger partial charge >= 0.3 is 0 Å². The van der Waals surface area contributed by atoms with Crippen molar-refractivity contribution in [2.45, 2.75) is 18.6 Å². The van der Waals surface area contributed by atoms with E-state index in [9.17, 15) is 0 Å². The maximum atomic E-state index is 5.89. The van der Waals surface area contributed by atoms with Crippen LogP contribution in [0.1, 0.15) is 13.3 Å². The van der Waals surface area contributed by atoms with Crippen molar-refractivity contribution >= 4 is 34.7 Å². The predicted molar refractivity (Wildman–Crippen MR) is 71.9 cm³/mol. The molecule has 0 bridgehead atoms. The molecule has 1 rings (SSSR count). The van der Waals surface area contributed by atoms with Crippen molar-refractivity contribution in [3.05, 3.63) is 23.2 Å². The number of nitrogen functional groups attached to an aromatic ring is 1. The average Bonchev–Trinajstić information content (AvgIpc) is 2.23. The third-order valence-corrected chi connectivity index (χ3v) is 3.56. The molecule has 0 heterocycles. The molecule has 1 unspecified atom stereocenters. The number of hydrogen-bond donors (Lipinski definition) is 2. The van der Waals surface area contributed by atoms with Crippen LogP contribution in [0.4, 0.5) is 11.4 Å². The lowest BCUT2D eigenvalue weighted by Gasteiger charge is -2.12. The fourth-order valence-corrected chi connectivity index (χ4v) is 1.74. The Balaban J connectivity index is 2.46. The molecule has 0 fully saturated rings. The first-order valence-corrected chi connectivity index (χ1v) is 6.61. The molecule has 3 N–H and O–H groups in total. The third kappa shape index (κ3) is 4.22. The topological polar surface area (TPSA) is 38.0 Å². The lowest BCUT2D eigenvalue weighted by atomic mass is 10.2. The van der Waals surface area contributed by atoms with E-state index in [-0.39, 0.29) is 0 Å². The average molecular weight is 245 g/mol. The number of hydrogen-bond acceptors (Lipinski definition) is 3. The first-order chi connectivity index (χ1) is 7.13. The van der Waals surface area contributed by atoms with Gasteiger partial charge in [0.15, 0.2) is 0 Å². The van der Waals surface area contributed by atoms with Crippen molar-refractivity contribution in [1.82, 2.24) is 0 Å². The van der Waals surface area contributed by atoms with Crippen molar-refractivity contribution in [3.63, 3.8) is 0 Å². The van der Waals surface area contributed by atoms with E-state index in [0.717, 1.165) is 24.3 Å². The molecule has 4 heteroatoms. The van der Waals surface area contributed by atoms with Gasteiger partial charge in [0, 0.05) is 16.8 Å². The monoisotopic (exact) mass is 244 g/mol. The van der Waals surface area contributed by atoms with E-state index >= 15 is 0 Å². The summed E-state index contributed by atoms with van der Waals surface area (Å²) in [7, 11) is 0. The second-order valence-corrected chi connectivity index (χ2v) is 5.21. The number of halogens is 1. The van der Waals surface area contributed by atoms with Gasteiger partial charge in [0.1, 0.15) is 0 Å². The second-order valence-electron chi connectivity index (χ2n) is 3.49. The highest BCUT2D eigenvalue weighted by molar-refractivity contribution is 7.99. The highest BCUT2D eigenvalue weighted by atomic mass is 35.5. The molecule has 84 valence electrons. The van der Waals surface area contributed by atoms with Crippen LogP contribution in [-0.2, 0) is 0 Å². The summed E-state index contributed by atoms with van der Waals surface area (Å²) in [5, 5.41) is 4.67. The van der Waals surface area contributed by atoms with Crippen LogP contribution in [0.25, 0.3) is 0 Å². The molecule has 2 nitrogen and oxygen atoms in total. The van der Waals surface area contributed by atoms with Gasteiger partial charge in [0.05, 0.1) is 11.4 Å². The maximum Gasteiger partial charge on any atom is 0.0588 e. The molecule has 0 radical (unpaired) electrons. The number of anilines is 2. The first kappa shape index (κ1) is 12.5. The van der Waals surface area contributed by atoms with E-state index in [1.807, 2.05) is 23.9 Å². The van der Waals surface area contributed by atoms with E-state index < -0.39 is 0 Å². The number of thioether (sulfide) groups is 1. The minimum Gasteiger partial charge on any atom is -0.397 e. The molecule has 1 aromatic rings. The molecular weight excluding hydrogens is 228 g/mol. The van der Waals surface area contributed by atoms with E-state index in [1.54, 1.807) is 6.07 Å². The Morgan fingerprint density at radius 3 is 2.93 bits per heavy atom.